The number of anilines is 1. The summed E-state index contributed by atoms with van der Waals surface area (Å²) in [6.07, 6.45) is 0.271. The molecule has 0 N–H and O–H groups in total. The molecule has 1 atom stereocenters. The molecule has 136 valence electrons. The Hall–Kier alpha value is -2.56. The standard InChI is InChI=1S/C21H23NO4/c1-5-22-13(2)21(18(23)25-20(3,4)26-19(21)24)12-15-10-6-8-14-9-7-11-16(22)17(14)15/h6-11,13H,5,12H2,1-4H3/t13-/m0/s1. The number of carbonyl (C=O) groups is 2. The van der Waals surface area contributed by atoms with Crippen molar-refractivity contribution < 1.29 is 19.1 Å². The van der Waals surface area contributed by atoms with E-state index in [1.165, 1.54) is 0 Å². The van der Waals surface area contributed by atoms with E-state index >= 15 is 0 Å². The van der Waals surface area contributed by atoms with Crippen LogP contribution in [0, 0.1) is 5.41 Å². The minimum absolute atomic E-state index is 0.271. The van der Waals surface area contributed by atoms with Crippen LogP contribution < -0.4 is 4.90 Å². The second kappa shape index (κ2) is 5.47. The molecule has 2 aliphatic rings. The molecular formula is C21H23NO4. The summed E-state index contributed by atoms with van der Waals surface area (Å²) in [5, 5.41) is 2.19. The highest BCUT2D eigenvalue weighted by Gasteiger charge is 2.61. The van der Waals surface area contributed by atoms with Gasteiger partial charge < -0.3 is 14.4 Å². The van der Waals surface area contributed by atoms with E-state index < -0.39 is 23.1 Å². The summed E-state index contributed by atoms with van der Waals surface area (Å²) in [4.78, 5) is 28.4. The summed E-state index contributed by atoms with van der Waals surface area (Å²) in [6, 6.07) is 11.7. The summed E-state index contributed by atoms with van der Waals surface area (Å²) in [5.74, 6) is -2.24. The number of cyclic esters (lactones) is 2. The van der Waals surface area contributed by atoms with Crippen LogP contribution in [0.1, 0.15) is 33.3 Å². The van der Waals surface area contributed by atoms with Crippen LogP contribution >= 0.6 is 0 Å². The predicted octanol–water partition coefficient (Wildman–Crippen LogP) is 3.43. The van der Waals surface area contributed by atoms with Crippen molar-refractivity contribution in [3.8, 4) is 0 Å². The summed E-state index contributed by atoms with van der Waals surface area (Å²) in [7, 11) is 0. The van der Waals surface area contributed by atoms with Crippen LogP contribution in [0.15, 0.2) is 36.4 Å². The monoisotopic (exact) mass is 353 g/mol. The minimum atomic E-state index is -1.38. The van der Waals surface area contributed by atoms with Crippen LogP contribution in [0.25, 0.3) is 10.8 Å². The Labute approximate surface area is 152 Å². The van der Waals surface area contributed by atoms with Gasteiger partial charge in [-0.15, -0.1) is 0 Å². The third-order valence-electron chi connectivity index (χ3n) is 5.67. The third kappa shape index (κ3) is 2.16. The molecule has 0 saturated carbocycles. The van der Waals surface area contributed by atoms with Gasteiger partial charge in [-0.3, -0.25) is 9.59 Å². The second-order valence-corrected chi connectivity index (χ2v) is 7.58. The number of hydrogen-bond acceptors (Lipinski definition) is 5. The largest absolute Gasteiger partial charge is 0.422 e. The molecule has 0 bridgehead atoms. The molecule has 0 radical (unpaired) electrons. The Morgan fingerprint density at radius 2 is 1.69 bits per heavy atom. The normalized spacial score (nSPS) is 23.5. The first kappa shape index (κ1) is 16.9. The average molecular weight is 353 g/mol. The van der Waals surface area contributed by atoms with Crippen molar-refractivity contribution in [2.24, 2.45) is 5.41 Å². The van der Waals surface area contributed by atoms with Gasteiger partial charge in [-0.05, 0) is 30.9 Å². The van der Waals surface area contributed by atoms with Crippen molar-refractivity contribution in [1.29, 1.82) is 0 Å². The van der Waals surface area contributed by atoms with Gasteiger partial charge >= 0.3 is 11.9 Å². The maximum Gasteiger partial charge on any atom is 0.329 e. The molecule has 5 nitrogen and oxygen atoms in total. The fourth-order valence-corrected chi connectivity index (χ4v) is 4.37. The van der Waals surface area contributed by atoms with Gasteiger partial charge in [0, 0.05) is 37.9 Å². The Balaban J connectivity index is 1.98. The molecule has 2 aromatic carbocycles. The first-order chi connectivity index (χ1) is 12.3. The molecule has 2 aromatic rings. The molecule has 2 heterocycles. The van der Waals surface area contributed by atoms with Gasteiger partial charge in [0.05, 0.1) is 6.04 Å². The smallest absolute Gasteiger partial charge is 0.329 e. The maximum absolute atomic E-state index is 13.1. The van der Waals surface area contributed by atoms with E-state index in [4.69, 9.17) is 9.47 Å². The first-order valence-electron chi connectivity index (χ1n) is 9.04. The van der Waals surface area contributed by atoms with Crippen molar-refractivity contribution in [3.63, 3.8) is 0 Å². The Morgan fingerprint density at radius 1 is 1.08 bits per heavy atom. The van der Waals surface area contributed by atoms with Gasteiger partial charge in [-0.2, -0.15) is 0 Å². The lowest BCUT2D eigenvalue weighted by Gasteiger charge is -2.45. The maximum atomic E-state index is 13.1. The van der Waals surface area contributed by atoms with Crippen molar-refractivity contribution in [2.75, 3.05) is 11.4 Å². The lowest BCUT2D eigenvalue weighted by molar-refractivity contribution is -0.252. The number of benzene rings is 2. The lowest BCUT2D eigenvalue weighted by Crippen LogP contribution is -2.62. The van der Waals surface area contributed by atoms with E-state index in [0.29, 0.717) is 6.54 Å². The first-order valence-corrected chi connectivity index (χ1v) is 9.04. The quantitative estimate of drug-likeness (QED) is 0.581. The number of rotatable bonds is 1. The van der Waals surface area contributed by atoms with E-state index in [9.17, 15) is 9.59 Å². The van der Waals surface area contributed by atoms with E-state index in [1.807, 2.05) is 38.1 Å². The fraction of sp³-hybridized carbons (Fsp3) is 0.429. The summed E-state index contributed by atoms with van der Waals surface area (Å²) in [5.41, 5.74) is 0.628. The molecule has 0 aliphatic carbocycles. The zero-order valence-corrected chi connectivity index (χ0v) is 15.5. The second-order valence-electron chi connectivity index (χ2n) is 7.58. The molecule has 1 fully saturated rings. The SMILES string of the molecule is CCN1c2cccc3cccc(c23)CC2(C(=O)OC(C)(C)OC2=O)[C@@H]1C. The highest BCUT2D eigenvalue weighted by atomic mass is 16.7. The molecule has 5 heteroatoms. The predicted molar refractivity (Wildman–Crippen MR) is 98.8 cm³/mol. The van der Waals surface area contributed by atoms with E-state index in [1.54, 1.807) is 13.8 Å². The summed E-state index contributed by atoms with van der Waals surface area (Å²) >= 11 is 0. The van der Waals surface area contributed by atoms with Gasteiger partial charge in [-0.1, -0.05) is 30.3 Å². The van der Waals surface area contributed by atoms with Crippen LogP contribution in [0.3, 0.4) is 0 Å². The van der Waals surface area contributed by atoms with Crippen molar-refractivity contribution in [1.82, 2.24) is 0 Å². The van der Waals surface area contributed by atoms with Crippen LogP contribution in [-0.2, 0) is 25.5 Å². The number of ether oxygens (including phenoxy) is 2. The highest BCUT2D eigenvalue weighted by Crippen LogP contribution is 2.46. The lowest BCUT2D eigenvalue weighted by atomic mass is 9.74. The van der Waals surface area contributed by atoms with E-state index in [2.05, 4.69) is 17.0 Å². The van der Waals surface area contributed by atoms with Crippen molar-refractivity contribution in [2.45, 2.75) is 45.9 Å². The molecule has 0 amide bonds. The topological polar surface area (TPSA) is 55.8 Å². The van der Waals surface area contributed by atoms with Crippen LogP contribution in [0.4, 0.5) is 5.69 Å². The van der Waals surface area contributed by atoms with Gasteiger partial charge in [0.15, 0.2) is 5.41 Å². The molecule has 0 unspecified atom stereocenters. The van der Waals surface area contributed by atoms with Crippen molar-refractivity contribution >= 4 is 28.4 Å². The van der Waals surface area contributed by atoms with Gasteiger partial charge in [0.1, 0.15) is 0 Å². The van der Waals surface area contributed by atoms with E-state index in [-0.39, 0.29) is 12.5 Å². The minimum Gasteiger partial charge on any atom is -0.422 e. The molecular weight excluding hydrogens is 330 g/mol. The van der Waals surface area contributed by atoms with Crippen LogP contribution in [-0.4, -0.2) is 30.3 Å². The Kier molecular flexibility index (Phi) is 3.55. The Morgan fingerprint density at radius 3 is 2.31 bits per heavy atom. The number of esters is 2. The zero-order valence-electron chi connectivity index (χ0n) is 15.5. The van der Waals surface area contributed by atoms with Gasteiger partial charge in [-0.25, -0.2) is 0 Å². The number of nitrogens with zero attached hydrogens (tertiary/aromatic N) is 1. The zero-order chi connectivity index (χ0) is 18.7. The van der Waals surface area contributed by atoms with E-state index in [0.717, 1.165) is 22.0 Å². The average Bonchev–Trinajstić information content (AvgIpc) is 2.68. The third-order valence-corrected chi connectivity index (χ3v) is 5.67. The molecule has 1 spiro atoms. The molecule has 26 heavy (non-hydrogen) atoms. The summed E-state index contributed by atoms with van der Waals surface area (Å²) in [6.45, 7) is 7.78. The van der Waals surface area contributed by atoms with Crippen LogP contribution in [0.5, 0.6) is 0 Å². The highest BCUT2D eigenvalue weighted by molar-refractivity contribution is 6.06. The summed E-state index contributed by atoms with van der Waals surface area (Å²) < 4.78 is 11.1. The van der Waals surface area contributed by atoms with Gasteiger partial charge in [0.2, 0.25) is 0 Å². The number of carbonyl (C=O) groups excluding carboxylic acids is 2. The Bertz CT molecular complexity index is 892. The molecule has 0 aromatic heterocycles. The molecule has 4 rings (SSSR count). The fourth-order valence-electron chi connectivity index (χ4n) is 4.37. The number of hydrogen-bond donors (Lipinski definition) is 0. The van der Waals surface area contributed by atoms with Crippen LogP contribution in [0.2, 0.25) is 0 Å². The molecule has 1 saturated heterocycles. The van der Waals surface area contributed by atoms with Gasteiger partial charge in [0.25, 0.3) is 5.79 Å². The van der Waals surface area contributed by atoms with Crippen molar-refractivity contribution in [3.05, 3.63) is 42.0 Å². The molecule has 2 aliphatic heterocycles.